The summed E-state index contributed by atoms with van der Waals surface area (Å²) >= 11 is 0. The van der Waals surface area contributed by atoms with Crippen LogP contribution in [0.2, 0.25) is 0 Å². The predicted octanol–water partition coefficient (Wildman–Crippen LogP) is 4.80. The van der Waals surface area contributed by atoms with Gasteiger partial charge in [0.25, 0.3) is 5.91 Å². The van der Waals surface area contributed by atoms with Gasteiger partial charge in [-0.1, -0.05) is 36.4 Å². The van der Waals surface area contributed by atoms with E-state index in [2.05, 4.69) is 5.10 Å². The van der Waals surface area contributed by atoms with Gasteiger partial charge in [-0.3, -0.25) is 4.79 Å². The zero-order chi connectivity index (χ0) is 23.8. The molecule has 6 nitrogen and oxygen atoms in total. The van der Waals surface area contributed by atoms with Gasteiger partial charge in [0, 0.05) is 0 Å². The van der Waals surface area contributed by atoms with Crippen molar-refractivity contribution < 1.29 is 27.5 Å². The van der Waals surface area contributed by atoms with Crippen LogP contribution in [0.15, 0.2) is 84.0 Å². The molecule has 0 atom stereocenters. The molecule has 0 heterocycles. The number of hydrazone groups is 1. The topological polar surface area (TPSA) is 82.8 Å². The number of halogens is 3. The first-order valence-electron chi connectivity index (χ1n) is 9.54. The monoisotopic (exact) mass is 451 g/mol. The molecule has 9 heteroatoms. The maximum absolute atomic E-state index is 13.1. The van der Waals surface area contributed by atoms with Gasteiger partial charge in [-0.2, -0.15) is 28.5 Å². The van der Waals surface area contributed by atoms with E-state index in [9.17, 15) is 22.8 Å². The molecule has 0 saturated heterocycles. The molecule has 166 valence electrons. The molecule has 0 aliphatic rings. The Hall–Kier alpha value is -4.45. The van der Waals surface area contributed by atoms with E-state index in [0.29, 0.717) is 11.1 Å². The molecule has 0 aliphatic carbocycles. The lowest BCUT2D eigenvalue weighted by Crippen LogP contribution is -2.31. The van der Waals surface area contributed by atoms with E-state index in [1.54, 1.807) is 30.3 Å². The summed E-state index contributed by atoms with van der Waals surface area (Å²) in [7, 11) is 0. The highest BCUT2D eigenvalue weighted by atomic mass is 19.4. The third kappa shape index (κ3) is 6.27. The van der Waals surface area contributed by atoms with Crippen molar-refractivity contribution in [3.63, 3.8) is 0 Å². The van der Waals surface area contributed by atoms with Gasteiger partial charge in [-0.15, -0.1) is 0 Å². The Balaban J connectivity index is 1.82. The van der Waals surface area contributed by atoms with Crippen LogP contribution in [0, 0.1) is 11.3 Å². The van der Waals surface area contributed by atoms with Gasteiger partial charge in [-0.25, -0.2) is 4.79 Å². The lowest BCUT2D eigenvalue weighted by Gasteiger charge is -2.18. The summed E-state index contributed by atoms with van der Waals surface area (Å²) < 4.78 is 44.4. The second-order valence-corrected chi connectivity index (χ2v) is 6.67. The van der Waals surface area contributed by atoms with E-state index in [4.69, 9.17) is 10.00 Å². The average Bonchev–Trinajstić information content (AvgIpc) is 2.83. The van der Waals surface area contributed by atoms with Crippen molar-refractivity contribution in [1.29, 1.82) is 5.26 Å². The number of amides is 1. The van der Waals surface area contributed by atoms with Crippen molar-refractivity contribution in [3.05, 3.63) is 101 Å². The molecule has 3 aromatic rings. The first kappa shape index (κ1) is 23.2. The minimum Gasteiger partial charge on any atom is -0.452 e. The fourth-order valence-electron chi connectivity index (χ4n) is 2.71. The summed E-state index contributed by atoms with van der Waals surface area (Å²) in [6, 6.07) is 20.2. The number of carbonyl (C=O) groups is 2. The molecule has 0 spiro atoms. The standard InChI is InChI=1S/C24H16F3N3O3/c25-24(26,27)20-7-4-8-21(13-20)30(29-15-18-5-2-1-3-6-18)22(31)16-33-23(32)19-11-9-17(14-28)10-12-19/h1-13,15H,16H2/b29-15+. The fraction of sp³-hybridized carbons (Fsp3) is 0.0833. The van der Waals surface area contributed by atoms with Crippen molar-refractivity contribution in [3.8, 4) is 6.07 Å². The van der Waals surface area contributed by atoms with Crippen LogP contribution in [0.4, 0.5) is 18.9 Å². The third-order valence-electron chi connectivity index (χ3n) is 4.35. The van der Waals surface area contributed by atoms with Gasteiger partial charge in [0.15, 0.2) is 6.61 Å². The first-order valence-corrected chi connectivity index (χ1v) is 9.54. The number of nitriles is 1. The number of anilines is 1. The Morgan fingerprint density at radius 1 is 1.00 bits per heavy atom. The molecule has 0 bridgehead atoms. The highest BCUT2D eigenvalue weighted by Crippen LogP contribution is 2.31. The van der Waals surface area contributed by atoms with Crippen molar-refractivity contribution in [2.75, 3.05) is 11.6 Å². The van der Waals surface area contributed by atoms with Crippen LogP contribution < -0.4 is 5.01 Å². The summed E-state index contributed by atoms with van der Waals surface area (Å²) in [5.74, 6) is -1.69. The highest BCUT2D eigenvalue weighted by Gasteiger charge is 2.31. The number of alkyl halides is 3. The second-order valence-electron chi connectivity index (χ2n) is 6.67. The number of rotatable bonds is 6. The quantitative estimate of drug-likeness (QED) is 0.306. The Labute approximate surface area is 187 Å². The number of hydrogen-bond acceptors (Lipinski definition) is 5. The molecule has 0 fully saturated rings. The van der Waals surface area contributed by atoms with Gasteiger partial charge in [0.2, 0.25) is 0 Å². The molecular formula is C24H16F3N3O3. The van der Waals surface area contributed by atoms with Crippen LogP contribution >= 0.6 is 0 Å². The molecule has 1 amide bonds. The lowest BCUT2D eigenvalue weighted by atomic mass is 10.1. The molecule has 0 aromatic heterocycles. The van der Waals surface area contributed by atoms with Crippen molar-refractivity contribution >= 4 is 23.8 Å². The average molecular weight is 451 g/mol. The van der Waals surface area contributed by atoms with Gasteiger partial charge in [-0.05, 0) is 48.0 Å². The minimum absolute atomic E-state index is 0.111. The fourth-order valence-corrected chi connectivity index (χ4v) is 2.71. The lowest BCUT2D eigenvalue weighted by molar-refractivity contribution is -0.137. The van der Waals surface area contributed by atoms with Gasteiger partial charge in [0.05, 0.1) is 34.7 Å². The maximum Gasteiger partial charge on any atom is 0.416 e. The molecule has 33 heavy (non-hydrogen) atoms. The van der Waals surface area contributed by atoms with Gasteiger partial charge < -0.3 is 4.74 Å². The van der Waals surface area contributed by atoms with Crippen molar-refractivity contribution in [2.45, 2.75) is 6.18 Å². The number of benzene rings is 3. The molecule has 3 aromatic carbocycles. The zero-order valence-corrected chi connectivity index (χ0v) is 17.0. The van der Waals surface area contributed by atoms with E-state index in [1.165, 1.54) is 36.5 Å². The van der Waals surface area contributed by atoms with E-state index in [0.717, 1.165) is 23.2 Å². The summed E-state index contributed by atoms with van der Waals surface area (Å²) in [5, 5.41) is 13.6. The second kappa shape index (κ2) is 10.2. The SMILES string of the molecule is N#Cc1ccc(C(=O)OCC(=O)N(/N=C/c2ccccc2)c2cccc(C(F)(F)F)c2)cc1. The Morgan fingerprint density at radius 3 is 2.33 bits per heavy atom. The maximum atomic E-state index is 13.1. The Morgan fingerprint density at radius 2 is 1.70 bits per heavy atom. The molecular weight excluding hydrogens is 435 g/mol. The minimum atomic E-state index is -4.62. The third-order valence-corrected chi connectivity index (χ3v) is 4.35. The van der Waals surface area contributed by atoms with Crippen molar-refractivity contribution in [2.24, 2.45) is 5.10 Å². The van der Waals surface area contributed by atoms with E-state index >= 15 is 0 Å². The smallest absolute Gasteiger partial charge is 0.416 e. The Bertz CT molecular complexity index is 1200. The highest BCUT2D eigenvalue weighted by molar-refractivity contribution is 5.98. The van der Waals surface area contributed by atoms with Crippen LogP contribution in [0.1, 0.15) is 27.0 Å². The normalized spacial score (nSPS) is 11.1. The van der Waals surface area contributed by atoms with Crippen LogP contribution in [0.3, 0.4) is 0 Å². The molecule has 3 rings (SSSR count). The summed E-state index contributed by atoms with van der Waals surface area (Å²) in [6.07, 6.45) is -3.31. The van der Waals surface area contributed by atoms with Crippen molar-refractivity contribution in [1.82, 2.24) is 0 Å². The molecule has 0 unspecified atom stereocenters. The number of nitrogens with zero attached hydrogens (tertiary/aromatic N) is 3. The molecule has 0 radical (unpaired) electrons. The first-order chi connectivity index (χ1) is 15.8. The number of carbonyl (C=O) groups excluding carboxylic acids is 2. The van der Waals surface area contributed by atoms with E-state index in [1.807, 2.05) is 6.07 Å². The van der Waals surface area contributed by atoms with Crippen LogP contribution in [-0.4, -0.2) is 24.7 Å². The van der Waals surface area contributed by atoms with E-state index < -0.39 is 30.2 Å². The molecule has 0 aliphatic heterocycles. The summed E-state index contributed by atoms with van der Waals surface area (Å²) in [4.78, 5) is 25.0. The summed E-state index contributed by atoms with van der Waals surface area (Å²) in [5.41, 5.74) is -0.0376. The van der Waals surface area contributed by atoms with Gasteiger partial charge >= 0.3 is 12.1 Å². The zero-order valence-electron chi connectivity index (χ0n) is 17.0. The Kier molecular flexibility index (Phi) is 7.20. The number of ether oxygens (including phenoxy) is 1. The molecule has 0 N–H and O–H groups in total. The number of esters is 1. The number of hydrogen-bond donors (Lipinski definition) is 0. The van der Waals surface area contributed by atoms with Crippen LogP contribution in [0.25, 0.3) is 0 Å². The van der Waals surface area contributed by atoms with Gasteiger partial charge in [0.1, 0.15) is 0 Å². The van der Waals surface area contributed by atoms with Crippen LogP contribution in [0.5, 0.6) is 0 Å². The van der Waals surface area contributed by atoms with E-state index in [-0.39, 0.29) is 11.3 Å². The largest absolute Gasteiger partial charge is 0.452 e. The predicted molar refractivity (Wildman–Crippen MR) is 114 cm³/mol. The van der Waals surface area contributed by atoms with Crippen LogP contribution in [-0.2, 0) is 15.7 Å². The molecule has 0 saturated carbocycles. The summed E-state index contributed by atoms with van der Waals surface area (Å²) in [6.45, 7) is -0.763.